The minimum Gasteiger partial charge on any atom is -0.481 e. The summed E-state index contributed by atoms with van der Waals surface area (Å²) in [6.45, 7) is 1.75. The number of ether oxygens (including phenoxy) is 1. The highest BCUT2D eigenvalue weighted by atomic mass is 19.1. The van der Waals surface area contributed by atoms with Gasteiger partial charge in [-0.1, -0.05) is 12.1 Å². The number of nitrogens with two attached hydrogens (primary N) is 1. The highest BCUT2D eigenvalue weighted by Gasteiger charge is 2.10. The number of oxazole rings is 1. The van der Waals surface area contributed by atoms with Crippen LogP contribution in [0.2, 0.25) is 0 Å². The Labute approximate surface area is 115 Å². The third kappa shape index (κ3) is 2.30. The maximum Gasteiger partial charge on any atom is 0.233 e. The van der Waals surface area contributed by atoms with E-state index in [1.807, 2.05) is 0 Å². The van der Waals surface area contributed by atoms with Crippen molar-refractivity contribution in [1.82, 2.24) is 4.98 Å². The summed E-state index contributed by atoms with van der Waals surface area (Å²) in [5.41, 5.74) is 8.11. The molecule has 2 aromatic carbocycles. The van der Waals surface area contributed by atoms with E-state index in [0.717, 1.165) is 0 Å². The molecule has 3 rings (SSSR count). The summed E-state index contributed by atoms with van der Waals surface area (Å²) in [5, 5.41) is 0. The number of halogens is 1. The summed E-state index contributed by atoms with van der Waals surface area (Å²) in [7, 11) is 0. The molecule has 1 aromatic heterocycles. The molecule has 0 radical (unpaired) electrons. The van der Waals surface area contributed by atoms with E-state index in [9.17, 15) is 4.39 Å². The van der Waals surface area contributed by atoms with Crippen molar-refractivity contribution >= 4 is 16.8 Å². The Balaban J connectivity index is 1.81. The molecule has 1 heterocycles. The molecular weight excluding hydrogens is 259 g/mol. The predicted molar refractivity (Wildman–Crippen MR) is 73.9 cm³/mol. The molecule has 0 aliphatic rings. The SMILES string of the molecule is Cc1cccc(OCc2nc3cc(N)ccc3o2)c1F. The largest absolute Gasteiger partial charge is 0.481 e. The van der Waals surface area contributed by atoms with Gasteiger partial charge < -0.3 is 14.9 Å². The summed E-state index contributed by atoms with van der Waals surface area (Å²) in [6, 6.07) is 10.2. The third-order valence-electron chi connectivity index (χ3n) is 2.96. The van der Waals surface area contributed by atoms with E-state index >= 15 is 0 Å². The number of anilines is 1. The van der Waals surface area contributed by atoms with Gasteiger partial charge in [0.15, 0.2) is 23.8 Å². The van der Waals surface area contributed by atoms with Gasteiger partial charge in [0.05, 0.1) is 0 Å². The second-order valence-electron chi connectivity index (χ2n) is 4.51. The normalized spacial score (nSPS) is 10.9. The van der Waals surface area contributed by atoms with E-state index in [-0.39, 0.29) is 18.2 Å². The van der Waals surface area contributed by atoms with E-state index in [1.165, 1.54) is 0 Å². The molecule has 0 amide bonds. The van der Waals surface area contributed by atoms with Gasteiger partial charge in [0.1, 0.15) is 5.52 Å². The van der Waals surface area contributed by atoms with Crippen LogP contribution in [0.4, 0.5) is 10.1 Å². The molecule has 0 fully saturated rings. The van der Waals surface area contributed by atoms with E-state index in [0.29, 0.717) is 28.2 Å². The second kappa shape index (κ2) is 4.85. The summed E-state index contributed by atoms with van der Waals surface area (Å²) in [4.78, 5) is 4.25. The smallest absolute Gasteiger partial charge is 0.233 e. The van der Waals surface area contributed by atoms with E-state index < -0.39 is 0 Å². The standard InChI is InChI=1S/C15H13FN2O2/c1-9-3-2-4-13(15(9)16)19-8-14-18-11-7-10(17)5-6-12(11)20-14/h2-7H,8,17H2,1H3. The summed E-state index contributed by atoms with van der Waals surface area (Å²) >= 11 is 0. The molecule has 4 nitrogen and oxygen atoms in total. The first kappa shape index (κ1) is 12.5. The quantitative estimate of drug-likeness (QED) is 0.742. The summed E-state index contributed by atoms with van der Waals surface area (Å²) in [6.07, 6.45) is 0. The Bertz CT molecular complexity index is 768. The Hall–Kier alpha value is -2.56. The van der Waals surface area contributed by atoms with Gasteiger partial charge in [0, 0.05) is 5.69 Å². The predicted octanol–water partition coefficient (Wildman–Crippen LogP) is 3.44. The number of nitrogen functional groups attached to an aromatic ring is 1. The highest BCUT2D eigenvalue weighted by molar-refractivity contribution is 5.76. The lowest BCUT2D eigenvalue weighted by molar-refractivity contribution is 0.255. The minimum absolute atomic E-state index is 0.0644. The molecule has 0 spiro atoms. The average molecular weight is 272 g/mol. The van der Waals surface area contributed by atoms with Crippen molar-refractivity contribution in [3.05, 3.63) is 53.7 Å². The zero-order valence-corrected chi connectivity index (χ0v) is 10.9. The number of aromatic nitrogens is 1. The Morgan fingerprint density at radius 2 is 2.15 bits per heavy atom. The fraction of sp³-hybridized carbons (Fsp3) is 0.133. The van der Waals surface area contributed by atoms with Crippen molar-refractivity contribution in [2.24, 2.45) is 0 Å². The lowest BCUT2D eigenvalue weighted by Gasteiger charge is -2.06. The molecule has 0 atom stereocenters. The van der Waals surface area contributed by atoms with Crippen molar-refractivity contribution in [1.29, 1.82) is 0 Å². The minimum atomic E-state index is -0.368. The molecule has 0 unspecified atom stereocenters. The van der Waals surface area contributed by atoms with Gasteiger partial charge in [-0.15, -0.1) is 0 Å². The van der Waals surface area contributed by atoms with Crippen LogP contribution < -0.4 is 10.5 Å². The van der Waals surface area contributed by atoms with Gasteiger partial charge in [-0.2, -0.15) is 0 Å². The van der Waals surface area contributed by atoms with Crippen LogP contribution in [-0.4, -0.2) is 4.98 Å². The molecule has 3 aromatic rings. The maximum absolute atomic E-state index is 13.8. The van der Waals surface area contributed by atoms with Gasteiger partial charge in [-0.3, -0.25) is 0 Å². The van der Waals surface area contributed by atoms with Crippen molar-refractivity contribution in [2.45, 2.75) is 13.5 Å². The van der Waals surface area contributed by atoms with Gasteiger partial charge >= 0.3 is 0 Å². The van der Waals surface area contributed by atoms with E-state index in [4.69, 9.17) is 14.9 Å². The van der Waals surface area contributed by atoms with Crippen molar-refractivity contribution in [3.63, 3.8) is 0 Å². The molecular formula is C15H13FN2O2. The molecule has 20 heavy (non-hydrogen) atoms. The fourth-order valence-electron chi connectivity index (χ4n) is 1.93. The van der Waals surface area contributed by atoms with Crippen molar-refractivity contribution < 1.29 is 13.5 Å². The molecule has 5 heteroatoms. The van der Waals surface area contributed by atoms with Gasteiger partial charge in [-0.05, 0) is 36.8 Å². The second-order valence-corrected chi connectivity index (χ2v) is 4.51. The fourth-order valence-corrected chi connectivity index (χ4v) is 1.93. The van der Waals surface area contributed by atoms with Crippen LogP contribution in [0.25, 0.3) is 11.1 Å². The van der Waals surface area contributed by atoms with Crippen LogP contribution in [0.5, 0.6) is 5.75 Å². The number of hydrogen-bond acceptors (Lipinski definition) is 4. The van der Waals surface area contributed by atoms with Crippen LogP contribution in [0.1, 0.15) is 11.5 Å². The monoisotopic (exact) mass is 272 g/mol. The van der Waals surface area contributed by atoms with Crippen LogP contribution in [0, 0.1) is 12.7 Å². The van der Waals surface area contributed by atoms with Crippen molar-refractivity contribution in [3.8, 4) is 5.75 Å². The molecule has 0 aliphatic heterocycles. The number of fused-ring (bicyclic) bond motifs is 1. The first-order chi connectivity index (χ1) is 9.63. The number of rotatable bonds is 3. The van der Waals surface area contributed by atoms with Crippen LogP contribution >= 0.6 is 0 Å². The van der Waals surface area contributed by atoms with Gasteiger partial charge in [0.25, 0.3) is 0 Å². The highest BCUT2D eigenvalue weighted by Crippen LogP contribution is 2.22. The Morgan fingerprint density at radius 1 is 1.30 bits per heavy atom. The molecule has 2 N–H and O–H groups in total. The molecule has 0 saturated carbocycles. The maximum atomic E-state index is 13.8. The molecule has 102 valence electrons. The summed E-state index contributed by atoms with van der Waals surface area (Å²) < 4.78 is 24.7. The van der Waals surface area contributed by atoms with Gasteiger partial charge in [-0.25, -0.2) is 9.37 Å². The first-order valence-electron chi connectivity index (χ1n) is 6.16. The number of benzene rings is 2. The lowest BCUT2D eigenvalue weighted by Crippen LogP contribution is -1.98. The van der Waals surface area contributed by atoms with E-state index in [1.54, 1.807) is 43.3 Å². The van der Waals surface area contributed by atoms with E-state index in [2.05, 4.69) is 4.98 Å². The van der Waals surface area contributed by atoms with Crippen molar-refractivity contribution in [2.75, 3.05) is 5.73 Å². The topological polar surface area (TPSA) is 61.3 Å². The number of aryl methyl sites for hydroxylation is 1. The van der Waals surface area contributed by atoms with Gasteiger partial charge in [0.2, 0.25) is 5.89 Å². The molecule has 0 saturated heterocycles. The average Bonchev–Trinajstić information content (AvgIpc) is 2.82. The zero-order valence-electron chi connectivity index (χ0n) is 10.9. The first-order valence-corrected chi connectivity index (χ1v) is 6.16. The number of hydrogen-bond donors (Lipinski definition) is 1. The molecule has 0 aliphatic carbocycles. The van der Waals surface area contributed by atoms with Crippen LogP contribution in [-0.2, 0) is 6.61 Å². The van der Waals surface area contributed by atoms with Crippen LogP contribution in [0.15, 0.2) is 40.8 Å². The Morgan fingerprint density at radius 3 is 3.00 bits per heavy atom. The number of nitrogens with zero attached hydrogens (tertiary/aromatic N) is 1. The zero-order chi connectivity index (χ0) is 14.1. The lowest BCUT2D eigenvalue weighted by atomic mass is 10.2. The van der Waals surface area contributed by atoms with Crippen LogP contribution in [0.3, 0.4) is 0 Å². The summed E-state index contributed by atoms with van der Waals surface area (Å²) in [5.74, 6) is 0.200. The molecule has 0 bridgehead atoms. The third-order valence-corrected chi connectivity index (χ3v) is 2.96. The Kier molecular flexibility index (Phi) is 3.02.